The van der Waals surface area contributed by atoms with Crippen LogP contribution in [0.3, 0.4) is 0 Å². The number of hydrogen-bond donors (Lipinski definition) is 3. The molecule has 1 aromatic rings. The molecular weight excluding hydrogens is 294 g/mol. The highest BCUT2D eigenvalue weighted by Crippen LogP contribution is 2.27. The maximum absolute atomic E-state index is 12.4. The molecule has 6 nitrogen and oxygen atoms in total. The average Bonchev–Trinajstić information content (AvgIpc) is 2.53. The number of carbonyl (C=O) groups is 2. The van der Waals surface area contributed by atoms with Crippen molar-refractivity contribution >= 4 is 12.0 Å². The fraction of sp³-hybridized carbons (Fsp3) is 0.412. The minimum absolute atomic E-state index is 0.230. The number of ether oxygens (including phenoxy) is 1. The minimum Gasteiger partial charge on any atom is -0.463 e. The van der Waals surface area contributed by atoms with E-state index in [-0.39, 0.29) is 18.7 Å². The zero-order valence-electron chi connectivity index (χ0n) is 13.7. The first-order valence-corrected chi connectivity index (χ1v) is 7.79. The van der Waals surface area contributed by atoms with Crippen molar-refractivity contribution in [1.29, 1.82) is 0 Å². The van der Waals surface area contributed by atoms with Crippen molar-refractivity contribution in [2.24, 2.45) is 0 Å². The largest absolute Gasteiger partial charge is 0.463 e. The van der Waals surface area contributed by atoms with Crippen LogP contribution in [0.2, 0.25) is 0 Å². The molecule has 0 bridgehead atoms. The molecule has 0 fully saturated rings. The number of benzene rings is 1. The number of esters is 1. The molecule has 1 unspecified atom stereocenters. The molecule has 1 atom stereocenters. The van der Waals surface area contributed by atoms with E-state index in [1.807, 2.05) is 44.2 Å². The molecule has 1 aliphatic heterocycles. The highest BCUT2D eigenvalue weighted by atomic mass is 16.5. The monoisotopic (exact) mass is 317 g/mol. The standard InChI is InChI=1S/C17H23N3O3/c1-4-23-16(21)14-13(10-18-11(2)3)19-17(22)20-15(14)12-8-6-5-7-9-12/h5-9,11,15,18H,4,10H2,1-3H3,(H2,19,20,22). The molecule has 0 spiro atoms. The van der Waals surface area contributed by atoms with Gasteiger partial charge in [0.1, 0.15) is 0 Å². The number of rotatable bonds is 6. The molecule has 1 heterocycles. The van der Waals surface area contributed by atoms with Gasteiger partial charge < -0.3 is 20.7 Å². The van der Waals surface area contributed by atoms with E-state index in [0.29, 0.717) is 17.8 Å². The molecule has 124 valence electrons. The van der Waals surface area contributed by atoms with Gasteiger partial charge in [-0.1, -0.05) is 44.2 Å². The van der Waals surface area contributed by atoms with E-state index in [1.54, 1.807) is 6.92 Å². The van der Waals surface area contributed by atoms with Crippen LogP contribution in [-0.2, 0) is 9.53 Å². The lowest BCUT2D eigenvalue weighted by Crippen LogP contribution is -2.48. The molecule has 3 N–H and O–H groups in total. The van der Waals surface area contributed by atoms with Crippen LogP contribution in [0.15, 0.2) is 41.6 Å². The molecule has 0 aliphatic carbocycles. The summed E-state index contributed by atoms with van der Waals surface area (Å²) in [6.07, 6.45) is 0. The Hall–Kier alpha value is -2.34. The van der Waals surface area contributed by atoms with E-state index >= 15 is 0 Å². The number of carbonyl (C=O) groups excluding carboxylic acids is 2. The van der Waals surface area contributed by atoms with Gasteiger partial charge in [0.15, 0.2) is 0 Å². The summed E-state index contributed by atoms with van der Waals surface area (Å²) >= 11 is 0. The van der Waals surface area contributed by atoms with Crippen molar-refractivity contribution in [3.63, 3.8) is 0 Å². The maximum atomic E-state index is 12.4. The molecule has 1 aliphatic rings. The first-order valence-electron chi connectivity index (χ1n) is 7.79. The SMILES string of the molecule is CCOC(=O)C1=C(CNC(C)C)NC(=O)NC1c1ccccc1. The summed E-state index contributed by atoms with van der Waals surface area (Å²) in [5.41, 5.74) is 1.83. The molecular formula is C17H23N3O3. The zero-order valence-corrected chi connectivity index (χ0v) is 13.7. The topological polar surface area (TPSA) is 79.5 Å². The molecule has 0 saturated heterocycles. The molecule has 0 radical (unpaired) electrons. The Labute approximate surface area is 136 Å². The van der Waals surface area contributed by atoms with E-state index in [2.05, 4.69) is 16.0 Å². The lowest BCUT2D eigenvalue weighted by atomic mass is 9.95. The lowest BCUT2D eigenvalue weighted by molar-refractivity contribution is -0.139. The molecule has 1 aromatic carbocycles. The second-order valence-electron chi connectivity index (χ2n) is 5.59. The van der Waals surface area contributed by atoms with Crippen LogP contribution < -0.4 is 16.0 Å². The first kappa shape index (κ1) is 17.0. The van der Waals surface area contributed by atoms with E-state index in [9.17, 15) is 9.59 Å². The fourth-order valence-electron chi connectivity index (χ4n) is 2.41. The number of hydrogen-bond acceptors (Lipinski definition) is 4. The van der Waals surface area contributed by atoms with Crippen molar-refractivity contribution < 1.29 is 14.3 Å². The van der Waals surface area contributed by atoms with E-state index < -0.39 is 12.0 Å². The quantitative estimate of drug-likeness (QED) is 0.700. The molecule has 6 heteroatoms. The van der Waals surface area contributed by atoms with Gasteiger partial charge in [-0.15, -0.1) is 0 Å². The lowest BCUT2D eigenvalue weighted by Gasteiger charge is -2.29. The molecule has 0 aromatic heterocycles. The van der Waals surface area contributed by atoms with Gasteiger partial charge >= 0.3 is 12.0 Å². The fourth-order valence-corrected chi connectivity index (χ4v) is 2.41. The summed E-state index contributed by atoms with van der Waals surface area (Å²) < 4.78 is 5.19. The van der Waals surface area contributed by atoms with E-state index in [4.69, 9.17) is 4.74 Å². The van der Waals surface area contributed by atoms with Crippen molar-refractivity contribution in [3.05, 3.63) is 47.2 Å². The first-order chi connectivity index (χ1) is 11.0. The average molecular weight is 317 g/mol. The van der Waals surface area contributed by atoms with Crippen molar-refractivity contribution in [2.75, 3.05) is 13.2 Å². The Balaban J connectivity index is 2.42. The van der Waals surface area contributed by atoms with Gasteiger partial charge in [-0.25, -0.2) is 9.59 Å². The van der Waals surface area contributed by atoms with Gasteiger partial charge in [-0.3, -0.25) is 0 Å². The predicted octanol–water partition coefficient (Wildman–Crippen LogP) is 1.86. The predicted molar refractivity (Wildman–Crippen MR) is 87.6 cm³/mol. The Morgan fingerprint density at radius 2 is 2.00 bits per heavy atom. The van der Waals surface area contributed by atoms with E-state index in [0.717, 1.165) is 5.56 Å². The third-order valence-corrected chi connectivity index (χ3v) is 3.47. The second-order valence-corrected chi connectivity index (χ2v) is 5.59. The number of nitrogens with one attached hydrogen (secondary N) is 3. The van der Waals surface area contributed by atoms with Gasteiger partial charge in [0, 0.05) is 18.3 Å². The highest BCUT2D eigenvalue weighted by molar-refractivity contribution is 5.95. The summed E-state index contributed by atoms with van der Waals surface area (Å²) in [4.78, 5) is 24.4. The van der Waals surface area contributed by atoms with Crippen LogP contribution in [0.1, 0.15) is 32.4 Å². The van der Waals surface area contributed by atoms with Crippen LogP contribution in [0.5, 0.6) is 0 Å². The summed E-state index contributed by atoms with van der Waals surface area (Å²) in [5.74, 6) is -0.422. The van der Waals surface area contributed by atoms with Gasteiger partial charge in [0.25, 0.3) is 0 Å². The molecule has 0 saturated carbocycles. The van der Waals surface area contributed by atoms with Gasteiger partial charge in [0.2, 0.25) is 0 Å². The van der Waals surface area contributed by atoms with Crippen LogP contribution >= 0.6 is 0 Å². The van der Waals surface area contributed by atoms with Crippen LogP contribution in [-0.4, -0.2) is 31.2 Å². The van der Waals surface area contributed by atoms with Crippen molar-refractivity contribution in [1.82, 2.24) is 16.0 Å². The normalized spacial score (nSPS) is 17.7. The molecule has 2 rings (SSSR count). The molecule has 2 amide bonds. The molecule has 23 heavy (non-hydrogen) atoms. The van der Waals surface area contributed by atoms with Gasteiger partial charge in [-0.2, -0.15) is 0 Å². The minimum atomic E-state index is -0.520. The summed E-state index contributed by atoms with van der Waals surface area (Å²) in [6.45, 7) is 6.44. The Morgan fingerprint density at radius 3 is 2.61 bits per heavy atom. The Kier molecular flexibility index (Phi) is 5.76. The van der Waals surface area contributed by atoms with Crippen LogP contribution in [0.25, 0.3) is 0 Å². The number of urea groups is 1. The maximum Gasteiger partial charge on any atom is 0.338 e. The van der Waals surface area contributed by atoms with E-state index in [1.165, 1.54) is 0 Å². The van der Waals surface area contributed by atoms with Crippen LogP contribution in [0.4, 0.5) is 4.79 Å². The third-order valence-electron chi connectivity index (χ3n) is 3.47. The summed E-state index contributed by atoms with van der Waals surface area (Å²) in [6, 6.07) is 8.78. The van der Waals surface area contributed by atoms with Crippen molar-refractivity contribution in [2.45, 2.75) is 32.9 Å². The third kappa shape index (κ3) is 4.32. The smallest absolute Gasteiger partial charge is 0.338 e. The summed E-state index contributed by atoms with van der Waals surface area (Å²) in [7, 11) is 0. The number of amides is 2. The van der Waals surface area contributed by atoms with Crippen LogP contribution in [0, 0.1) is 0 Å². The van der Waals surface area contributed by atoms with Gasteiger partial charge in [0.05, 0.1) is 18.2 Å². The zero-order chi connectivity index (χ0) is 16.8. The van der Waals surface area contributed by atoms with Gasteiger partial charge in [-0.05, 0) is 12.5 Å². The summed E-state index contributed by atoms with van der Waals surface area (Å²) in [5, 5.41) is 8.76. The highest BCUT2D eigenvalue weighted by Gasteiger charge is 2.33. The Morgan fingerprint density at radius 1 is 1.30 bits per heavy atom. The Bertz CT molecular complexity index is 596. The second kappa shape index (κ2) is 7.78. The van der Waals surface area contributed by atoms with Crippen molar-refractivity contribution in [3.8, 4) is 0 Å².